The smallest absolute Gasteiger partial charge is 0.325 e. The molecule has 3 amide bonds. The Labute approximate surface area is 159 Å². The van der Waals surface area contributed by atoms with Gasteiger partial charge in [0.25, 0.3) is 17.7 Å². The Bertz CT molecular complexity index is 671. The number of nitrogens with one attached hydrogen (secondary N) is 2. The van der Waals surface area contributed by atoms with Crippen molar-refractivity contribution in [3.8, 4) is 0 Å². The number of carboxylic acid groups (broad SMARTS) is 1. The van der Waals surface area contributed by atoms with Crippen molar-refractivity contribution in [2.45, 2.75) is 52.5 Å². The molecule has 0 unspecified atom stereocenters. The highest BCUT2D eigenvalue weighted by Crippen LogP contribution is 2.11. The number of rotatable bonds is 11. The molecule has 0 aromatic heterocycles. The zero-order valence-corrected chi connectivity index (χ0v) is 16.0. The highest BCUT2D eigenvalue weighted by molar-refractivity contribution is 6.12. The van der Waals surface area contributed by atoms with Gasteiger partial charge in [0.2, 0.25) is 0 Å². The minimum Gasteiger partial charge on any atom is -0.480 e. The Morgan fingerprint density at radius 2 is 1.74 bits per heavy atom. The van der Waals surface area contributed by atoms with E-state index in [2.05, 4.69) is 17.2 Å². The third-order valence-corrected chi connectivity index (χ3v) is 4.01. The minimum absolute atomic E-state index is 0.277. The molecular weight excluding hydrogens is 350 g/mol. The first-order valence-corrected chi connectivity index (χ1v) is 8.83. The van der Waals surface area contributed by atoms with Gasteiger partial charge in [-0.3, -0.25) is 24.1 Å². The van der Waals surface area contributed by atoms with E-state index in [9.17, 15) is 19.2 Å². The van der Waals surface area contributed by atoms with Crippen molar-refractivity contribution in [3.05, 3.63) is 35.7 Å². The summed E-state index contributed by atoms with van der Waals surface area (Å²) in [6, 6.07) is -0.993. The number of carbonyl (C=O) groups is 4. The van der Waals surface area contributed by atoms with E-state index >= 15 is 0 Å². The molecule has 0 fully saturated rings. The molecule has 27 heavy (non-hydrogen) atoms. The summed E-state index contributed by atoms with van der Waals surface area (Å²) in [5.74, 6) is -2.16. The second kappa shape index (κ2) is 10.3. The van der Waals surface area contributed by atoms with Crippen LogP contribution in [-0.4, -0.2) is 46.3 Å². The maximum Gasteiger partial charge on any atom is 0.325 e. The Hall–Kier alpha value is -2.90. The average Bonchev–Trinajstić information content (AvgIpc) is 2.90. The molecule has 0 aromatic carbocycles. The fraction of sp³-hybridized carbons (Fsp3) is 0.474. The van der Waals surface area contributed by atoms with E-state index in [4.69, 9.17) is 5.11 Å². The van der Waals surface area contributed by atoms with Gasteiger partial charge in [-0.15, -0.1) is 0 Å². The first-order chi connectivity index (χ1) is 12.6. The number of carbonyl (C=O) groups excluding carboxylic acids is 3. The molecule has 0 aromatic rings. The molecule has 0 radical (unpaired) electrons. The molecule has 1 atom stereocenters. The SMILES string of the molecule is C=C(CCCCCN1C(=O)C=CC1=O)NC(C(=O)N[C@@H](C)C(=O)O)=C(C)C. The summed E-state index contributed by atoms with van der Waals surface area (Å²) in [5.41, 5.74) is 1.64. The molecule has 0 bridgehead atoms. The summed E-state index contributed by atoms with van der Waals surface area (Å²) in [6.45, 7) is 9.18. The zero-order chi connectivity index (χ0) is 20.6. The molecule has 3 N–H and O–H groups in total. The van der Waals surface area contributed by atoms with E-state index in [0.29, 0.717) is 30.7 Å². The number of nitrogens with zero attached hydrogens (tertiary/aromatic N) is 1. The van der Waals surface area contributed by atoms with Crippen LogP contribution in [0.4, 0.5) is 0 Å². The van der Waals surface area contributed by atoms with Crippen LogP contribution in [0, 0.1) is 0 Å². The van der Waals surface area contributed by atoms with Crippen LogP contribution in [0.15, 0.2) is 35.7 Å². The van der Waals surface area contributed by atoms with Gasteiger partial charge in [-0.05, 0) is 45.6 Å². The van der Waals surface area contributed by atoms with Crippen LogP contribution < -0.4 is 10.6 Å². The first kappa shape index (κ1) is 22.1. The van der Waals surface area contributed by atoms with Crippen LogP contribution in [0.3, 0.4) is 0 Å². The van der Waals surface area contributed by atoms with E-state index < -0.39 is 17.9 Å². The van der Waals surface area contributed by atoms with E-state index in [1.54, 1.807) is 13.8 Å². The zero-order valence-electron chi connectivity index (χ0n) is 16.0. The maximum atomic E-state index is 12.2. The van der Waals surface area contributed by atoms with Crippen molar-refractivity contribution in [1.29, 1.82) is 0 Å². The number of amides is 3. The lowest BCUT2D eigenvalue weighted by molar-refractivity contribution is -0.141. The van der Waals surface area contributed by atoms with Crippen LogP contribution in [0.2, 0.25) is 0 Å². The van der Waals surface area contributed by atoms with Gasteiger partial charge in [0, 0.05) is 24.4 Å². The number of allylic oxidation sites excluding steroid dienone is 2. The van der Waals surface area contributed by atoms with Gasteiger partial charge in [0.1, 0.15) is 11.7 Å². The van der Waals surface area contributed by atoms with Crippen LogP contribution in [0.25, 0.3) is 0 Å². The highest BCUT2D eigenvalue weighted by Gasteiger charge is 2.22. The van der Waals surface area contributed by atoms with Crippen LogP contribution in [-0.2, 0) is 19.2 Å². The summed E-state index contributed by atoms with van der Waals surface area (Å²) in [7, 11) is 0. The molecule has 0 aliphatic carbocycles. The largest absolute Gasteiger partial charge is 0.480 e. The van der Waals surface area contributed by atoms with Crippen LogP contribution >= 0.6 is 0 Å². The first-order valence-electron chi connectivity index (χ1n) is 8.83. The Morgan fingerprint density at radius 1 is 1.15 bits per heavy atom. The molecule has 1 aliphatic heterocycles. The number of carboxylic acids is 1. The van der Waals surface area contributed by atoms with E-state index in [1.807, 2.05) is 0 Å². The van der Waals surface area contributed by atoms with E-state index in [-0.39, 0.29) is 17.5 Å². The Balaban J connectivity index is 2.37. The predicted octanol–water partition coefficient (Wildman–Crippen LogP) is 1.46. The molecule has 8 heteroatoms. The lowest BCUT2D eigenvalue weighted by atomic mass is 10.1. The van der Waals surface area contributed by atoms with Gasteiger partial charge in [0.15, 0.2) is 0 Å². The molecule has 1 aliphatic rings. The molecule has 1 heterocycles. The van der Waals surface area contributed by atoms with Crippen molar-refractivity contribution >= 4 is 23.7 Å². The van der Waals surface area contributed by atoms with Crippen molar-refractivity contribution in [1.82, 2.24) is 15.5 Å². The van der Waals surface area contributed by atoms with Crippen molar-refractivity contribution in [3.63, 3.8) is 0 Å². The molecule has 0 saturated heterocycles. The van der Waals surface area contributed by atoms with E-state index in [0.717, 1.165) is 12.8 Å². The number of aliphatic carboxylic acids is 1. The van der Waals surface area contributed by atoms with Crippen LogP contribution in [0.1, 0.15) is 46.5 Å². The highest BCUT2D eigenvalue weighted by atomic mass is 16.4. The molecule has 0 spiro atoms. The van der Waals surface area contributed by atoms with Gasteiger partial charge >= 0.3 is 5.97 Å². The predicted molar refractivity (Wildman–Crippen MR) is 100 cm³/mol. The van der Waals surface area contributed by atoms with Gasteiger partial charge < -0.3 is 15.7 Å². The third kappa shape index (κ3) is 7.08. The lowest BCUT2D eigenvalue weighted by Gasteiger charge is -2.17. The van der Waals surface area contributed by atoms with Crippen molar-refractivity contribution in [2.24, 2.45) is 0 Å². The lowest BCUT2D eigenvalue weighted by Crippen LogP contribution is -2.41. The number of hydrogen-bond acceptors (Lipinski definition) is 5. The topological polar surface area (TPSA) is 116 Å². The fourth-order valence-electron chi connectivity index (χ4n) is 2.42. The molecular formula is C19H27N3O5. The maximum absolute atomic E-state index is 12.2. The molecule has 1 rings (SSSR count). The second-order valence-corrected chi connectivity index (χ2v) is 6.61. The number of unbranched alkanes of at least 4 members (excludes halogenated alkanes) is 2. The van der Waals surface area contributed by atoms with Crippen molar-refractivity contribution in [2.75, 3.05) is 6.54 Å². The van der Waals surface area contributed by atoms with Gasteiger partial charge in [-0.2, -0.15) is 0 Å². The summed E-state index contributed by atoms with van der Waals surface area (Å²) < 4.78 is 0. The van der Waals surface area contributed by atoms with Crippen molar-refractivity contribution < 1.29 is 24.3 Å². The number of imide groups is 1. The standard InChI is InChI=1S/C19H27N3O5/c1-12(2)17(18(25)21-14(4)19(26)27)20-13(3)8-6-5-7-11-22-15(23)9-10-16(22)24/h9-10,14,20H,3,5-8,11H2,1-2,4H3,(H,21,25)(H,26,27)/t14-/m0/s1. The van der Waals surface area contributed by atoms with E-state index in [1.165, 1.54) is 24.0 Å². The summed E-state index contributed by atoms with van der Waals surface area (Å²) >= 11 is 0. The van der Waals surface area contributed by atoms with Gasteiger partial charge in [-0.1, -0.05) is 13.0 Å². The van der Waals surface area contributed by atoms with Gasteiger partial charge in [-0.25, -0.2) is 0 Å². The molecule has 8 nitrogen and oxygen atoms in total. The van der Waals surface area contributed by atoms with Crippen LogP contribution in [0.5, 0.6) is 0 Å². The summed E-state index contributed by atoms with van der Waals surface area (Å²) in [6.07, 6.45) is 5.41. The summed E-state index contributed by atoms with van der Waals surface area (Å²) in [4.78, 5) is 47.2. The Morgan fingerprint density at radius 3 is 2.26 bits per heavy atom. The number of hydrogen-bond donors (Lipinski definition) is 3. The minimum atomic E-state index is -1.11. The average molecular weight is 377 g/mol. The fourth-order valence-corrected chi connectivity index (χ4v) is 2.42. The second-order valence-electron chi connectivity index (χ2n) is 6.61. The monoisotopic (exact) mass is 377 g/mol. The Kier molecular flexibility index (Phi) is 8.44. The normalized spacial score (nSPS) is 14.1. The molecule has 148 valence electrons. The van der Waals surface area contributed by atoms with Gasteiger partial charge in [0.05, 0.1) is 0 Å². The third-order valence-electron chi connectivity index (χ3n) is 4.01. The quantitative estimate of drug-likeness (QED) is 0.285. The molecule has 0 saturated carbocycles. The summed E-state index contributed by atoms with van der Waals surface area (Å²) in [5, 5.41) is 14.3.